The van der Waals surface area contributed by atoms with E-state index in [0.29, 0.717) is 18.8 Å². The Bertz CT molecular complexity index is 160. The van der Waals surface area contributed by atoms with Crippen molar-refractivity contribution in [1.29, 1.82) is 5.26 Å². The van der Waals surface area contributed by atoms with Gasteiger partial charge in [0.2, 0.25) is 5.91 Å². The van der Waals surface area contributed by atoms with E-state index in [2.05, 4.69) is 6.07 Å². The van der Waals surface area contributed by atoms with Crippen molar-refractivity contribution in [2.24, 2.45) is 11.7 Å². The van der Waals surface area contributed by atoms with Gasteiger partial charge in [-0.3, -0.25) is 4.79 Å². The van der Waals surface area contributed by atoms with Crippen LogP contribution < -0.4 is 5.73 Å². The molecule has 0 fully saturated rings. The standard InChI is InChI=1S/C8H14N2O/c1-7(3-2-6-9)4-5-8(10)11/h7H,2-5H2,1H3,(H2,10,11). The van der Waals surface area contributed by atoms with E-state index in [-0.39, 0.29) is 5.91 Å². The fraction of sp³-hybridized carbons (Fsp3) is 0.750. The molecule has 0 rings (SSSR count). The van der Waals surface area contributed by atoms with Gasteiger partial charge in [-0.25, -0.2) is 0 Å². The maximum Gasteiger partial charge on any atom is 0.217 e. The zero-order chi connectivity index (χ0) is 8.69. The van der Waals surface area contributed by atoms with E-state index in [0.717, 1.165) is 12.8 Å². The second kappa shape index (κ2) is 5.72. The Balaban J connectivity index is 3.31. The number of nitrogens with zero attached hydrogens (tertiary/aromatic N) is 1. The first-order chi connectivity index (χ1) is 5.16. The average molecular weight is 154 g/mol. The number of nitriles is 1. The first kappa shape index (κ1) is 9.96. The number of hydrogen-bond acceptors (Lipinski definition) is 2. The van der Waals surface area contributed by atoms with Gasteiger partial charge in [-0.2, -0.15) is 5.26 Å². The summed E-state index contributed by atoms with van der Waals surface area (Å²) in [5.74, 6) is 0.177. The normalized spacial score (nSPS) is 12.0. The van der Waals surface area contributed by atoms with Gasteiger partial charge in [0.25, 0.3) is 0 Å². The van der Waals surface area contributed by atoms with Crippen LogP contribution in [-0.2, 0) is 4.79 Å². The Morgan fingerprint density at radius 3 is 2.73 bits per heavy atom. The summed E-state index contributed by atoms with van der Waals surface area (Å²) < 4.78 is 0. The molecule has 0 saturated carbocycles. The first-order valence-corrected chi connectivity index (χ1v) is 3.82. The number of amides is 1. The van der Waals surface area contributed by atoms with Gasteiger partial charge in [-0.05, 0) is 18.8 Å². The second-order valence-electron chi connectivity index (χ2n) is 2.81. The fourth-order valence-corrected chi connectivity index (χ4v) is 0.844. The number of hydrogen-bond donors (Lipinski definition) is 1. The Morgan fingerprint density at radius 2 is 2.27 bits per heavy atom. The predicted octanol–water partition coefficient (Wildman–Crippen LogP) is 1.19. The molecular formula is C8H14N2O. The number of rotatable bonds is 5. The summed E-state index contributed by atoms with van der Waals surface area (Å²) in [7, 11) is 0. The summed E-state index contributed by atoms with van der Waals surface area (Å²) in [6.07, 6.45) is 2.67. The molecule has 0 aromatic carbocycles. The lowest BCUT2D eigenvalue weighted by Crippen LogP contribution is -2.11. The average Bonchev–Trinajstić information content (AvgIpc) is 1.97. The van der Waals surface area contributed by atoms with Crippen molar-refractivity contribution < 1.29 is 4.79 Å². The minimum absolute atomic E-state index is 0.256. The number of primary amides is 1. The summed E-state index contributed by atoms with van der Waals surface area (Å²) in [5.41, 5.74) is 4.97. The van der Waals surface area contributed by atoms with Crippen LogP contribution in [0.25, 0.3) is 0 Å². The summed E-state index contributed by atoms with van der Waals surface area (Å²) in [6, 6.07) is 2.07. The molecule has 0 aliphatic rings. The zero-order valence-corrected chi connectivity index (χ0v) is 6.84. The van der Waals surface area contributed by atoms with Crippen molar-refractivity contribution in [2.75, 3.05) is 0 Å². The van der Waals surface area contributed by atoms with Crippen molar-refractivity contribution in [2.45, 2.75) is 32.6 Å². The van der Waals surface area contributed by atoms with Gasteiger partial charge in [0, 0.05) is 12.8 Å². The summed E-state index contributed by atoms with van der Waals surface area (Å²) >= 11 is 0. The molecule has 1 atom stereocenters. The van der Waals surface area contributed by atoms with Crippen molar-refractivity contribution >= 4 is 5.91 Å². The minimum atomic E-state index is -0.256. The number of carbonyl (C=O) groups excluding carboxylic acids is 1. The van der Waals surface area contributed by atoms with Gasteiger partial charge in [-0.15, -0.1) is 0 Å². The second-order valence-corrected chi connectivity index (χ2v) is 2.81. The highest BCUT2D eigenvalue weighted by atomic mass is 16.1. The number of carbonyl (C=O) groups is 1. The van der Waals surface area contributed by atoms with Crippen molar-refractivity contribution in [3.05, 3.63) is 0 Å². The van der Waals surface area contributed by atoms with Gasteiger partial charge >= 0.3 is 0 Å². The van der Waals surface area contributed by atoms with Crippen LogP contribution in [-0.4, -0.2) is 5.91 Å². The molecule has 2 N–H and O–H groups in total. The van der Waals surface area contributed by atoms with E-state index in [1.165, 1.54) is 0 Å². The van der Waals surface area contributed by atoms with Crippen molar-refractivity contribution in [3.8, 4) is 6.07 Å². The van der Waals surface area contributed by atoms with Crippen LogP contribution in [0.5, 0.6) is 0 Å². The summed E-state index contributed by atoms with van der Waals surface area (Å²) in [4.78, 5) is 10.3. The summed E-state index contributed by atoms with van der Waals surface area (Å²) in [6.45, 7) is 2.03. The third-order valence-corrected chi connectivity index (χ3v) is 1.63. The van der Waals surface area contributed by atoms with E-state index in [1.54, 1.807) is 0 Å². The highest BCUT2D eigenvalue weighted by Gasteiger charge is 2.03. The van der Waals surface area contributed by atoms with Crippen molar-refractivity contribution in [3.63, 3.8) is 0 Å². The molecule has 62 valence electrons. The largest absolute Gasteiger partial charge is 0.370 e. The molecule has 0 saturated heterocycles. The number of nitrogens with two attached hydrogens (primary N) is 1. The van der Waals surface area contributed by atoms with E-state index in [4.69, 9.17) is 11.0 Å². The molecule has 3 heteroatoms. The molecule has 0 bridgehead atoms. The lowest BCUT2D eigenvalue weighted by Gasteiger charge is -2.05. The molecule has 0 spiro atoms. The molecule has 0 aromatic rings. The highest BCUT2D eigenvalue weighted by Crippen LogP contribution is 2.11. The molecule has 1 unspecified atom stereocenters. The van der Waals surface area contributed by atoms with Crippen LogP contribution >= 0.6 is 0 Å². The topological polar surface area (TPSA) is 66.9 Å². The van der Waals surface area contributed by atoms with E-state index < -0.39 is 0 Å². The van der Waals surface area contributed by atoms with Gasteiger partial charge in [0.05, 0.1) is 6.07 Å². The fourth-order valence-electron chi connectivity index (χ4n) is 0.844. The van der Waals surface area contributed by atoms with Gasteiger partial charge in [0.1, 0.15) is 0 Å². The van der Waals surface area contributed by atoms with Crippen LogP contribution in [0, 0.1) is 17.2 Å². The Labute approximate surface area is 67.2 Å². The van der Waals surface area contributed by atoms with Crippen LogP contribution in [0.2, 0.25) is 0 Å². The van der Waals surface area contributed by atoms with Crippen LogP contribution in [0.4, 0.5) is 0 Å². The Hall–Kier alpha value is -1.04. The van der Waals surface area contributed by atoms with Gasteiger partial charge in [-0.1, -0.05) is 6.92 Å². The van der Waals surface area contributed by atoms with E-state index in [1.807, 2.05) is 6.92 Å². The molecule has 3 nitrogen and oxygen atoms in total. The maximum absolute atomic E-state index is 10.3. The monoisotopic (exact) mass is 154 g/mol. The summed E-state index contributed by atoms with van der Waals surface area (Å²) in [5, 5.41) is 8.25. The molecule has 0 aliphatic carbocycles. The van der Waals surface area contributed by atoms with Crippen LogP contribution in [0.1, 0.15) is 32.6 Å². The SMILES string of the molecule is CC(CCC#N)CCC(N)=O. The lowest BCUT2D eigenvalue weighted by molar-refractivity contribution is -0.118. The third-order valence-electron chi connectivity index (χ3n) is 1.63. The van der Waals surface area contributed by atoms with E-state index >= 15 is 0 Å². The Kier molecular flexibility index (Phi) is 5.18. The molecule has 11 heavy (non-hydrogen) atoms. The smallest absolute Gasteiger partial charge is 0.217 e. The third kappa shape index (κ3) is 6.85. The van der Waals surface area contributed by atoms with Crippen LogP contribution in [0.15, 0.2) is 0 Å². The zero-order valence-electron chi connectivity index (χ0n) is 6.84. The molecular weight excluding hydrogens is 140 g/mol. The lowest BCUT2D eigenvalue weighted by atomic mass is 10.0. The molecule has 0 aromatic heterocycles. The molecule has 1 amide bonds. The molecule has 0 radical (unpaired) electrons. The first-order valence-electron chi connectivity index (χ1n) is 3.82. The van der Waals surface area contributed by atoms with E-state index in [9.17, 15) is 4.79 Å². The Morgan fingerprint density at radius 1 is 1.64 bits per heavy atom. The predicted molar refractivity (Wildman–Crippen MR) is 42.4 cm³/mol. The quantitative estimate of drug-likeness (QED) is 0.646. The van der Waals surface area contributed by atoms with Gasteiger partial charge in [0.15, 0.2) is 0 Å². The van der Waals surface area contributed by atoms with Crippen molar-refractivity contribution in [1.82, 2.24) is 0 Å². The highest BCUT2D eigenvalue weighted by molar-refractivity contribution is 5.73. The van der Waals surface area contributed by atoms with Crippen LogP contribution in [0.3, 0.4) is 0 Å². The minimum Gasteiger partial charge on any atom is -0.370 e. The molecule has 0 heterocycles. The molecule has 0 aliphatic heterocycles. The van der Waals surface area contributed by atoms with Gasteiger partial charge < -0.3 is 5.73 Å². The maximum atomic E-state index is 10.3.